The average molecular weight is 433 g/mol. The molecule has 2 heterocycles. The minimum absolute atomic E-state index is 0.138. The van der Waals surface area contributed by atoms with Gasteiger partial charge in [-0.3, -0.25) is 10.1 Å². The van der Waals surface area contributed by atoms with Crippen molar-refractivity contribution in [3.05, 3.63) is 53.6 Å². The van der Waals surface area contributed by atoms with E-state index < -0.39 is 0 Å². The Hall–Kier alpha value is -2.00. The summed E-state index contributed by atoms with van der Waals surface area (Å²) in [7, 11) is 0. The number of nitrogens with zero attached hydrogens (tertiary/aromatic N) is 3. The Labute approximate surface area is 172 Å². The van der Waals surface area contributed by atoms with E-state index in [1.807, 2.05) is 49.4 Å². The first-order valence-corrected chi connectivity index (χ1v) is 10.9. The molecule has 0 aliphatic heterocycles. The van der Waals surface area contributed by atoms with Gasteiger partial charge in [-0.25, -0.2) is 4.98 Å². The highest BCUT2D eigenvalue weighted by molar-refractivity contribution is 8.02. The normalized spacial score (nSPS) is 12.2. The second-order valence-corrected chi connectivity index (χ2v) is 9.59. The largest absolute Gasteiger partial charge is 0.300 e. The SMILES string of the molecule is CC(Sc1nc2ccccc2s1)C(=O)Nc1nnc(-c2ccccc2Cl)s1. The molecule has 0 spiro atoms. The quantitative estimate of drug-likeness (QED) is 0.416. The molecular formula is C18H13ClN4OS3. The van der Waals surface area contributed by atoms with Gasteiger partial charge in [-0.15, -0.1) is 21.5 Å². The van der Waals surface area contributed by atoms with Crippen molar-refractivity contribution in [1.29, 1.82) is 0 Å². The minimum atomic E-state index is -0.307. The van der Waals surface area contributed by atoms with Gasteiger partial charge in [-0.1, -0.05) is 65.0 Å². The number of rotatable bonds is 5. The zero-order chi connectivity index (χ0) is 18.8. The number of carbonyl (C=O) groups is 1. The average Bonchev–Trinajstić information content (AvgIpc) is 3.28. The van der Waals surface area contributed by atoms with Crippen LogP contribution in [0.4, 0.5) is 5.13 Å². The number of hydrogen-bond acceptors (Lipinski definition) is 7. The fraction of sp³-hybridized carbons (Fsp3) is 0.111. The molecule has 0 aliphatic rings. The fourth-order valence-corrected chi connectivity index (χ4v) is 5.61. The number of amides is 1. The van der Waals surface area contributed by atoms with Gasteiger partial charge in [0, 0.05) is 5.56 Å². The third kappa shape index (κ3) is 4.14. The van der Waals surface area contributed by atoms with Crippen LogP contribution in [0.5, 0.6) is 0 Å². The highest BCUT2D eigenvalue weighted by Crippen LogP contribution is 2.34. The Morgan fingerprint density at radius 3 is 2.70 bits per heavy atom. The molecule has 0 bridgehead atoms. The van der Waals surface area contributed by atoms with E-state index in [0.717, 1.165) is 20.1 Å². The number of thiazole rings is 1. The first kappa shape index (κ1) is 18.4. The highest BCUT2D eigenvalue weighted by atomic mass is 35.5. The molecule has 2 aromatic carbocycles. The van der Waals surface area contributed by atoms with Crippen molar-refractivity contribution in [3.8, 4) is 10.6 Å². The number of para-hydroxylation sites is 1. The van der Waals surface area contributed by atoms with Crippen LogP contribution in [0.2, 0.25) is 5.02 Å². The topological polar surface area (TPSA) is 67.8 Å². The molecule has 5 nitrogen and oxygen atoms in total. The molecule has 2 aromatic heterocycles. The van der Waals surface area contributed by atoms with Gasteiger partial charge < -0.3 is 0 Å². The summed E-state index contributed by atoms with van der Waals surface area (Å²) < 4.78 is 1.98. The number of nitrogens with one attached hydrogen (secondary N) is 1. The van der Waals surface area contributed by atoms with Crippen LogP contribution in [-0.4, -0.2) is 26.3 Å². The standard InChI is InChI=1S/C18H13ClN4OS3/c1-10(25-18-20-13-8-4-5-9-14(13)26-18)15(24)21-17-23-22-16(27-17)11-6-2-3-7-12(11)19/h2-10H,1H3,(H,21,23,24). The molecule has 4 aromatic rings. The maximum atomic E-state index is 12.5. The predicted molar refractivity (Wildman–Crippen MR) is 114 cm³/mol. The van der Waals surface area contributed by atoms with E-state index in [4.69, 9.17) is 11.6 Å². The van der Waals surface area contributed by atoms with Gasteiger partial charge in [0.25, 0.3) is 0 Å². The van der Waals surface area contributed by atoms with Crippen molar-refractivity contribution >= 4 is 67.3 Å². The van der Waals surface area contributed by atoms with E-state index in [9.17, 15) is 4.79 Å². The van der Waals surface area contributed by atoms with Crippen LogP contribution >= 0.6 is 46.0 Å². The molecule has 0 radical (unpaired) electrons. The first-order valence-electron chi connectivity index (χ1n) is 8.01. The van der Waals surface area contributed by atoms with Gasteiger partial charge >= 0.3 is 0 Å². The van der Waals surface area contributed by atoms with Crippen molar-refractivity contribution in [1.82, 2.24) is 15.2 Å². The number of fused-ring (bicyclic) bond motifs is 1. The summed E-state index contributed by atoms with van der Waals surface area (Å²) in [6.45, 7) is 1.85. The maximum Gasteiger partial charge on any atom is 0.239 e. The number of aromatic nitrogens is 3. The van der Waals surface area contributed by atoms with Gasteiger partial charge in [0.2, 0.25) is 11.0 Å². The summed E-state index contributed by atoms with van der Waals surface area (Å²) in [5.41, 5.74) is 1.75. The Bertz CT molecular complexity index is 1080. The molecule has 0 fully saturated rings. The summed E-state index contributed by atoms with van der Waals surface area (Å²) in [4.78, 5) is 17.1. The molecule has 1 N–H and O–H groups in total. The first-order chi connectivity index (χ1) is 13.1. The lowest BCUT2D eigenvalue weighted by Crippen LogP contribution is -2.22. The Morgan fingerprint density at radius 1 is 1.11 bits per heavy atom. The van der Waals surface area contributed by atoms with Gasteiger partial charge in [-0.2, -0.15) is 0 Å². The lowest BCUT2D eigenvalue weighted by Gasteiger charge is -2.07. The van der Waals surface area contributed by atoms with E-state index in [-0.39, 0.29) is 11.2 Å². The van der Waals surface area contributed by atoms with Gasteiger partial charge in [0.15, 0.2) is 9.35 Å². The monoisotopic (exact) mass is 432 g/mol. The Morgan fingerprint density at radius 2 is 1.89 bits per heavy atom. The Balaban J connectivity index is 1.43. The number of benzene rings is 2. The van der Waals surface area contributed by atoms with Crippen molar-refractivity contribution in [2.24, 2.45) is 0 Å². The van der Waals surface area contributed by atoms with E-state index in [2.05, 4.69) is 20.5 Å². The van der Waals surface area contributed by atoms with Crippen LogP contribution < -0.4 is 5.32 Å². The predicted octanol–water partition coefficient (Wildman–Crippen LogP) is 5.59. The van der Waals surface area contributed by atoms with Crippen LogP contribution in [-0.2, 0) is 4.79 Å². The van der Waals surface area contributed by atoms with E-state index in [1.165, 1.54) is 23.1 Å². The van der Waals surface area contributed by atoms with Crippen molar-refractivity contribution < 1.29 is 4.79 Å². The molecule has 27 heavy (non-hydrogen) atoms. The number of thioether (sulfide) groups is 1. The smallest absolute Gasteiger partial charge is 0.239 e. The summed E-state index contributed by atoms with van der Waals surface area (Å²) in [6.07, 6.45) is 0. The van der Waals surface area contributed by atoms with Crippen LogP contribution in [0, 0.1) is 0 Å². The summed E-state index contributed by atoms with van der Waals surface area (Å²) >= 11 is 10.5. The molecule has 0 saturated carbocycles. The van der Waals surface area contributed by atoms with Gasteiger partial charge in [0.05, 0.1) is 20.5 Å². The van der Waals surface area contributed by atoms with E-state index in [1.54, 1.807) is 17.4 Å². The third-order valence-electron chi connectivity index (χ3n) is 3.68. The molecular weight excluding hydrogens is 420 g/mol. The minimum Gasteiger partial charge on any atom is -0.300 e. The molecule has 9 heteroatoms. The van der Waals surface area contributed by atoms with Gasteiger partial charge in [0.1, 0.15) is 0 Å². The molecule has 0 saturated heterocycles. The zero-order valence-corrected chi connectivity index (χ0v) is 17.3. The lowest BCUT2D eigenvalue weighted by molar-refractivity contribution is -0.115. The fourth-order valence-electron chi connectivity index (χ4n) is 2.33. The van der Waals surface area contributed by atoms with Crippen LogP contribution in [0.1, 0.15) is 6.92 Å². The second-order valence-electron chi connectivity index (χ2n) is 5.59. The number of halogens is 1. The molecule has 1 atom stereocenters. The number of carbonyl (C=O) groups excluding carboxylic acids is 1. The lowest BCUT2D eigenvalue weighted by atomic mass is 10.2. The molecule has 136 valence electrons. The summed E-state index contributed by atoms with van der Waals surface area (Å²) in [5, 5.41) is 12.4. The van der Waals surface area contributed by atoms with Crippen molar-refractivity contribution in [3.63, 3.8) is 0 Å². The molecule has 1 amide bonds. The van der Waals surface area contributed by atoms with Crippen LogP contribution in [0.3, 0.4) is 0 Å². The highest BCUT2D eigenvalue weighted by Gasteiger charge is 2.19. The summed E-state index contributed by atoms with van der Waals surface area (Å²) in [5.74, 6) is -0.138. The second kappa shape index (κ2) is 7.93. The van der Waals surface area contributed by atoms with Crippen LogP contribution in [0.15, 0.2) is 52.9 Å². The maximum absolute atomic E-state index is 12.5. The third-order valence-corrected chi connectivity index (χ3v) is 7.11. The van der Waals surface area contributed by atoms with E-state index >= 15 is 0 Å². The van der Waals surface area contributed by atoms with Gasteiger partial charge in [-0.05, 0) is 25.1 Å². The molecule has 0 aliphatic carbocycles. The molecule has 1 unspecified atom stereocenters. The number of hydrogen-bond donors (Lipinski definition) is 1. The van der Waals surface area contributed by atoms with E-state index in [0.29, 0.717) is 15.2 Å². The summed E-state index contributed by atoms with van der Waals surface area (Å²) in [6, 6.07) is 15.4. The Kier molecular flexibility index (Phi) is 5.40. The van der Waals surface area contributed by atoms with Crippen molar-refractivity contribution in [2.75, 3.05) is 5.32 Å². The zero-order valence-electron chi connectivity index (χ0n) is 14.0. The molecule has 4 rings (SSSR count). The van der Waals surface area contributed by atoms with Crippen molar-refractivity contribution in [2.45, 2.75) is 16.5 Å². The van der Waals surface area contributed by atoms with Crippen LogP contribution in [0.25, 0.3) is 20.8 Å². The number of anilines is 1.